The highest BCUT2D eigenvalue weighted by atomic mass is 32.2. The van der Waals surface area contributed by atoms with Gasteiger partial charge in [0.2, 0.25) is 0 Å². The van der Waals surface area contributed by atoms with Crippen LogP contribution in [0.5, 0.6) is 0 Å². The van der Waals surface area contributed by atoms with Crippen molar-refractivity contribution in [1.82, 2.24) is 9.88 Å². The van der Waals surface area contributed by atoms with Gasteiger partial charge in [-0.05, 0) is 11.6 Å². The van der Waals surface area contributed by atoms with Crippen molar-refractivity contribution in [2.45, 2.75) is 6.04 Å². The first-order chi connectivity index (χ1) is 7.42. The van der Waals surface area contributed by atoms with E-state index in [1.54, 1.807) is 0 Å². The molecule has 0 aromatic carbocycles. The molecule has 82 valence electrons. The lowest BCUT2D eigenvalue weighted by Gasteiger charge is -2.33. The molecule has 0 radical (unpaired) electrons. The normalized spacial score (nSPS) is 20.1. The molecule has 1 atom stereocenters. The predicted molar refractivity (Wildman–Crippen MR) is 64.9 cm³/mol. The maximum Gasteiger partial charge on any atom is 0.0486 e. The molecule has 2 N–H and O–H groups in total. The average Bonchev–Trinajstić information content (AvgIpc) is 2.33. The minimum atomic E-state index is 0.347. The predicted octanol–water partition coefficient (Wildman–Crippen LogP) is 1.13. The lowest BCUT2D eigenvalue weighted by Crippen LogP contribution is -2.39. The quantitative estimate of drug-likeness (QED) is 0.834. The van der Waals surface area contributed by atoms with Crippen molar-refractivity contribution in [1.29, 1.82) is 0 Å². The summed E-state index contributed by atoms with van der Waals surface area (Å²) in [6.45, 7) is 2.96. The highest BCUT2D eigenvalue weighted by Gasteiger charge is 2.20. The maximum absolute atomic E-state index is 5.86. The lowest BCUT2D eigenvalue weighted by molar-refractivity contribution is 0.223. The van der Waals surface area contributed by atoms with Gasteiger partial charge in [0.1, 0.15) is 0 Å². The Balaban J connectivity index is 2.09. The Morgan fingerprint density at radius 2 is 2.27 bits per heavy atom. The van der Waals surface area contributed by atoms with Crippen LogP contribution >= 0.6 is 11.8 Å². The molecule has 1 aromatic rings. The molecule has 4 heteroatoms. The van der Waals surface area contributed by atoms with E-state index in [1.807, 2.05) is 30.2 Å². The molecule has 0 amide bonds. The molecule has 15 heavy (non-hydrogen) atoms. The minimum absolute atomic E-state index is 0.347. The SMILES string of the molecule is NCC(c1cccnc1)N1CCSCC1. The molecular weight excluding hydrogens is 206 g/mol. The van der Waals surface area contributed by atoms with Crippen molar-refractivity contribution in [3.05, 3.63) is 30.1 Å². The van der Waals surface area contributed by atoms with E-state index in [4.69, 9.17) is 5.73 Å². The molecule has 2 heterocycles. The van der Waals surface area contributed by atoms with Crippen molar-refractivity contribution in [3.8, 4) is 0 Å². The Bertz CT molecular complexity index is 285. The zero-order valence-corrected chi connectivity index (χ0v) is 9.62. The zero-order chi connectivity index (χ0) is 10.5. The first-order valence-corrected chi connectivity index (χ1v) is 6.49. The Morgan fingerprint density at radius 1 is 1.47 bits per heavy atom. The van der Waals surface area contributed by atoms with Gasteiger partial charge in [-0.3, -0.25) is 9.88 Å². The van der Waals surface area contributed by atoms with Gasteiger partial charge in [-0.2, -0.15) is 11.8 Å². The summed E-state index contributed by atoms with van der Waals surface area (Å²) in [6.07, 6.45) is 3.74. The number of hydrogen-bond acceptors (Lipinski definition) is 4. The van der Waals surface area contributed by atoms with Crippen LogP contribution < -0.4 is 5.73 Å². The molecule has 1 saturated heterocycles. The molecule has 0 saturated carbocycles. The monoisotopic (exact) mass is 223 g/mol. The summed E-state index contributed by atoms with van der Waals surface area (Å²) < 4.78 is 0. The lowest BCUT2D eigenvalue weighted by atomic mass is 10.1. The van der Waals surface area contributed by atoms with Crippen molar-refractivity contribution >= 4 is 11.8 Å². The third kappa shape index (κ3) is 2.71. The van der Waals surface area contributed by atoms with Crippen LogP contribution in [0.2, 0.25) is 0 Å². The standard InChI is InChI=1S/C11H17N3S/c12-8-11(10-2-1-3-13-9-10)14-4-6-15-7-5-14/h1-3,9,11H,4-8,12H2. The largest absolute Gasteiger partial charge is 0.329 e. The second-order valence-electron chi connectivity index (χ2n) is 3.69. The van der Waals surface area contributed by atoms with E-state index in [9.17, 15) is 0 Å². The Labute approximate surface area is 95.1 Å². The van der Waals surface area contributed by atoms with Crippen LogP contribution in [0.1, 0.15) is 11.6 Å². The van der Waals surface area contributed by atoms with Gasteiger partial charge in [0.25, 0.3) is 0 Å². The fourth-order valence-electron chi connectivity index (χ4n) is 1.96. The first kappa shape index (κ1) is 10.9. The molecule has 1 unspecified atom stereocenters. The highest BCUT2D eigenvalue weighted by Crippen LogP contribution is 2.22. The summed E-state index contributed by atoms with van der Waals surface area (Å²) in [5.74, 6) is 2.44. The van der Waals surface area contributed by atoms with E-state index in [2.05, 4.69) is 16.0 Å². The van der Waals surface area contributed by atoms with Gasteiger partial charge in [0.05, 0.1) is 0 Å². The fourth-order valence-corrected chi connectivity index (χ4v) is 2.89. The third-order valence-corrected chi connectivity index (χ3v) is 3.72. The van der Waals surface area contributed by atoms with Gasteiger partial charge in [0, 0.05) is 49.6 Å². The summed E-state index contributed by atoms with van der Waals surface area (Å²) in [5.41, 5.74) is 7.10. The molecule has 1 aromatic heterocycles. The Morgan fingerprint density at radius 3 is 2.87 bits per heavy atom. The van der Waals surface area contributed by atoms with Gasteiger partial charge in [0.15, 0.2) is 0 Å². The van der Waals surface area contributed by atoms with Gasteiger partial charge < -0.3 is 5.73 Å². The van der Waals surface area contributed by atoms with Gasteiger partial charge in [-0.25, -0.2) is 0 Å². The number of thioether (sulfide) groups is 1. The molecule has 0 aliphatic carbocycles. The highest BCUT2D eigenvalue weighted by molar-refractivity contribution is 7.99. The molecular formula is C11H17N3S. The van der Waals surface area contributed by atoms with E-state index in [1.165, 1.54) is 17.1 Å². The van der Waals surface area contributed by atoms with Crippen LogP contribution in [-0.2, 0) is 0 Å². The fraction of sp³-hybridized carbons (Fsp3) is 0.545. The summed E-state index contributed by atoms with van der Waals surface area (Å²) in [7, 11) is 0. The van der Waals surface area contributed by atoms with Crippen LogP contribution in [0.3, 0.4) is 0 Å². The number of hydrogen-bond donors (Lipinski definition) is 1. The van der Waals surface area contributed by atoms with Crippen molar-refractivity contribution in [3.63, 3.8) is 0 Å². The second-order valence-corrected chi connectivity index (χ2v) is 4.91. The average molecular weight is 223 g/mol. The van der Waals surface area contributed by atoms with E-state index in [-0.39, 0.29) is 0 Å². The van der Waals surface area contributed by atoms with Crippen molar-refractivity contribution in [2.24, 2.45) is 5.73 Å². The molecule has 2 rings (SSSR count). The number of nitrogens with zero attached hydrogens (tertiary/aromatic N) is 2. The molecule has 3 nitrogen and oxygen atoms in total. The third-order valence-electron chi connectivity index (χ3n) is 2.78. The zero-order valence-electron chi connectivity index (χ0n) is 8.80. The van der Waals surface area contributed by atoms with Crippen LogP contribution in [-0.4, -0.2) is 41.0 Å². The smallest absolute Gasteiger partial charge is 0.0486 e. The summed E-state index contributed by atoms with van der Waals surface area (Å²) in [4.78, 5) is 6.63. The van der Waals surface area contributed by atoms with Crippen molar-refractivity contribution < 1.29 is 0 Å². The van der Waals surface area contributed by atoms with Crippen LogP contribution in [0, 0.1) is 0 Å². The molecule has 1 aliphatic heterocycles. The van der Waals surface area contributed by atoms with E-state index < -0.39 is 0 Å². The van der Waals surface area contributed by atoms with Crippen LogP contribution in [0.4, 0.5) is 0 Å². The topological polar surface area (TPSA) is 42.1 Å². The van der Waals surface area contributed by atoms with Crippen LogP contribution in [0.25, 0.3) is 0 Å². The number of aromatic nitrogens is 1. The second kappa shape index (κ2) is 5.49. The summed E-state index contributed by atoms with van der Waals surface area (Å²) >= 11 is 2.02. The number of pyridine rings is 1. The minimum Gasteiger partial charge on any atom is -0.329 e. The first-order valence-electron chi connectivity index (χ1n) is 5.33. The van der Waals surface area contributed by atoms with E-state index in [0.29, 0.717) is 12.6 Å². The molecule has 1 fully saturated rings. The molecule has 0 spiro atoms. The number of nitrogens with two attached hydrogens (primary N) is 1. The maximum atomic E-state index is 5.86. The van der Waals surface area contributed by atoms with Gasteiger partial charge in [-0.15, -0.1) is 0 Å². The summed E-state index contributed by atoms with van der Waals surface area (Å²) in [5, 5.41) is 0. The van der Waals surface area contributed by atoms with Gasteiger partial charge >= 0.3 is 0 Å². The number of rotatable bonds is 3. The Hall–Kier alpha value is -0.580. The van der Waals surface area contributed by atoms with Gasteiger partial charge in [-0.1, -0.05) is 6.07 Å². The van der Waals surface area contributed by atoms with Crippen molar-refractivity contribution in [2.75, 3.05) is 31.1 Å². The molecule has 0 bridgehead atoms. The molecule has 1 aliphatic rings. The van der Waals surface area contributed by atoms with Crippen LogP contribution in [0.15, 0.2) is 24.5 Å². The Kier molecular flexibility index (Phi) is 4.00. The summed E-state index contributed by atoms with van der Waals surface area (Å²) in [6, 6.07) is 4.45. The van der Waals surface area contributed by atoms with E-state index >= 15 is 0 Å². The van der Waals surface area contributed by atoms with E-state index in [0.717, 1.165) is 13.1 Å².